The molecule has 0 radical (unpaired) electrons. The predicted octanol–water partition coefficient (Wildman–Crippen LogP) is 1.62. The molecular weight excluding hydrogens is 228 g/mol. The van der Waals surface area contributed by atoms with Crippen LogP contribution in [-0.2, 0) is 6.42 Å². The Morgan fingerprint density at radius 2 is 2.18 bits per heavy atom. The van der Waals surface area contributed by atoms with E-state index in [0.717, 1.165) is 28.2 Å². The van der Waals surface area contributed by atoms with Crippen LogP contribution < -0.4 is 0 Å². The molecule has 0 fully saturated rings. The van der Waals surface area contributed by atoms with E-state index < -0.39 is 0 Å². The molecule has 62 valence electrons. The highest BCUT2D eigenvalue weighted by atomic mass is 79.9. The lowest BCUT2D eigenvalue weighted by Gasteiger charge is -1.91. The van der Waals surface area contributed by atoms with Crippen LogP contribution in [-0.4, -0.2) is 21.9 Å². The average molecular weight is 237 g/mol. The molecule has 11 heavy (non-hydrogen) atoms. The lowest BCUT2D eigenvalue weighted by molar-refractivity contribution is 0.284. The molecule has 0 aliphatic carbocycles. The Morgan fingerprint density at radius 3 is 2.73 bits per heavy atom. The molecule has 0 aliphatic rings. The summed E-state index contributed by atoms with van der Waals surface area (Å²) in [5.41, 5.74) is 0. The molecule has 0 saturated heterocycles. The maximum absolute atomic E-state index is 8.51. The fourth-order valence-corrected chi connectivity index (χ4v) is 1.97. The van der Waals surface area contributed by atoms with E-state index in [0.29, 0.717) is 0 Å². The number of hydrogen-bond acceptors (Lipinski definition) is 4. The van der Waals surface area contributed by atoms with Crippen molar-refractivity contribution in [1.82, 2.24) is 10.2 Å². The van der Waals surface area contributed by atoms with E-state index in [-0.39, 0.29) is 6.61 Å². The first kappa shape index (κ1) is 9.09. The lowest BCUT2D eigenvalue weighted by Crippen LogP contribution is -1.87. The first-order chi connectivity index (χ1) is 5.33. The third-order valence-electron chi connectivity index (χ3n) is 1.24. The molecule has 0 spiro atoms. The number of halogens is 1. The number of nitrogens with zero attached hydrogens (tertiary/aromatic N) is 2. The van der Waals surface area contributed by atoms with Crippen molar-refractivity contribution in [3.63, 3.8) is 0 Å². The molecule has 3 nitrogen and oxygen atoms in total. The van der Waals surface area contributed by atoms with Crippen molar-refractivity contribution in [3.05, 3.63) is 8.92 Å². The second-order valence-corrected chi connectivity index (χ2v) is 4.47. The Hall–Kier alpha value is -0.0000000000000000833. The monoisotopic (exact) mass is 236 g/mol. The van der Waals surface area contributed by atoms with E-state index in [1.165, 1.54) is 0 Å². The van der Waals surface area contributed by atoms with Gasteiger partial charge in [0.25, 0.3) is 0 Å². The van der Waals surface area contributed by atoms with Gasteiger partial charge in [0, 0.05) is 13.0 Å². The topological polar surface area (TPSA) is 46.0 Å². The number of aromatic nitrogens is 2. The molecule has 1 N–H and O–H groups in total. The maximum atomic E-state index is 8.51. The normalized spacial score (nSPS) is 10.4. The zero-order valence-corrected chi connectivity index (χ0v) is 8.36. The van der Waals surface area contributed by atoms with Crippen LogP contribution in [0.5, 0.6) is 0 Å². The van der Waals surface area contributed by atoms with Crippen LogP contribution in [0.25, 0.3) is 0 Å². The molecule has 0 aliphatic heterocycles. The highest BCUT2D eigenvalue weighted by Crippen LogP contribution is 2.17. The highest BCUT2D eigenvalue weighted by Gasteiger charge is 1.99. The Bertz CT molecular complexity index is 216. The van der Waals surface area contributed by atoms with Crippen molar-refractivity contribution in [1.29, 1.82) is 0 Å². The third kappa shape index (κ3) is 3.27. The number of rotatable bonds is 4. The Balaban J connectivity index is 2.27. The van der Waals surface area contributed by atoms with Crippen molar-refractivity contribution in [2.75, 3.05) is 6.61 Å². The van der Waals surface area contributed by atoms with Gasteiger partial charge in [0.1, 0.15) is 5.01 Å². The van der Waals surface area contributed by atoms with Gasteiger partial charge >= 0.3 is 0 Å². The van der Waals surface area contributed by atoms with Gasteiger partial charge in [-0.05, 0) is 28.8 Å². The molecule has 0 amide bonds. The van der Waals surface area contributed by atoms with Gasteiger partial charge in [-0.2, -0.15) is 0 Å². The van der Waals surface area contributed by atoms with Crippen molar-refractivity contribution >= 4 is 27.3 Å². The number of hydrogen-bond donors (Lipinski definition) is 1. The standard InChI is InChI=1S/C6H9BrN2OS/c7-6-9-8-5(11-6)3-1-2-4-10/h10H,1-4H2. The summed E-state index contributed by atoms with van der Waals surface area (Å²) in [7, 11) is 0. The fraction of sp³-hybridized carbons (Fsp3) is 0.667. The molecule has 0 bridgehead atoms. The minimum Gasteiger partial charge on any atom is -0.396 e. The van der Waals surface area contributed by atoms with Crippen LogP contribution in [0.1, 0.15) is 17.8 Å². The number of aryl methyl sites for hydroxylation is 1. The number of aliphatic hydroxyl groups is 1. The second-order valence-electron chi connectivity index (χ2n) is 2.13. The van der Waals surface area contributed by atoms with Crippen molar-refractivity contribution < 1.29 is 5.11 Å². The smallest absolute Gasteiger partial charge is 0.183 e. The lowest BCUT2D eigenvalue weighted by atomic mass is 10.2. The van der Waals surface area contributed by atoms with Crippen LogP contribution >= 0.6 is 27.3 Å². The molecule has 1 heterocycles. The first-order valence-corrected chi connectivity index (χ1v) is 5.02. The minimum absolute atomic E-state index is 0.264. The molecule has 1 rings (SSSR count). The van der Waals surface area contributed by atoms with Gasteiger partial charge in [0.15, 0.2) is 3.92 Å². The van der Waals surface area contributed by atoms with Crippen LogP contribution in [0.4, 0.5) is 0 Å². The minimum atomic E-state index is 0.264. The van der Waals surface area contributed by atoms with E-state index in [4.69, 9.17) is 5.11 Å². The Kier molecular flexibility index (Phi) is 3.96. The Morgan fingerprint density at radius 1 is 1.36 bits per heavy atom. The van der Waals surface area contributed by atoms with E-state index in [2.05, 4.69) is 26.1 Å². The zero-order chi connectivity index (χ0) is 8.10. The molecule has 0 atom stereocenters. The first-order valence-electron chi connectivity index (χ1n) is 3.41. The SMILES string of the molecule is OCCCCc1nnc(Br)s1. The fourth-order valence-electron chi connectivity index (χ4n) is 0.722. The summed E-state index contributed by atoms with van der Waals surface area (Å²) in [4.78, 5) is 0. The van der Waals surface area contributed by atoms with Crippen molar-refractivity contribution in [2.24, 2.45) is 0 Å². The summed E-state index contributed by atoms with van der Waals surface area (Å²) >= 11 is 4.79. The van der Waals surface area contributed by atoms with Gasteiger partial charge in [-0.15, -0.1) is 10.2 Å². The van der Waals surface area contributed by atoms with E-state index in [1.807, 2.05) is 0 Å². The average Bonchev–Trinajstić information content (AvgIpc) is 2.37. The third-order valence-corrected chi connectivity index (χ3v) is 2.66. The van der Waals surface area contributed by atoms with E-state index >= 15 is 0 Å². The predicted molar refractivity (Wildman–Crippen MR) is 47.6 cm³/mol. The molecule has 5 heteroatoms. The summed E-state index contributed by atoms with van der Waals surface area (Å²) in [5, 5.41) is 17.3. The van der Waals surface area contributed by atoms with Gasteiger partial charge < -0.3 is 5.11 Å². The van der Waals surface area contributed by atoms with Crippen molar-refractivity contribution in [2.45, 2.75) is 19.3 Å². The van der Waals surface area contributed by atoms with Gasteiger partial charge in [0.05, 0.1) is 0 Å². The molecular formula is C6H9BrN2OS. The summed E-state index contributed by atoms with van der Waals surface area (Å²) in [6, 6.07) is 0. The summed E-state index contributed by atoms with van der Waals surface area (Å²) < 4.78 is 0.830. The maximum Gasteiger partial charge on any atom is 0.183 e. The van der Waals surface area contributed by atoms with Gasteiger partial charge in [-0.1, -0.05) is 11.3 Å². The van der Waals surface area contributed by atoms with Crippen LogP contribution in [0, 0.1) is 0 Å². The molecule has 0 saturated carbocycles. The van der Waals surface area contributed by atoms with Crippen LogP contribution in [0.15, 0.2) is 3.92 Å². The number of unbranched alkanes of at least 4 members (excludes halogenated alkanes) is 1. The zero-order valence-electron chi connectivity index (χ0n) is 5.96. The van der Waals surface area contributed by atoms with Crippen LogP contribution in [0.2, 0.25) is 0 Å². The summed E-state index contributed by atoms with van der Waals surface area (Å²) in [5.74, 6) is 0. The Labute approximate surface area is 77.6 Å². The summed E-state index contributed by atoms with van der Waals surface area (Å²) in [6.45, 7) is 0.264. The molecule has 0 unspecified atom stereocenters. The molecule has 1 aromatic heterocycles. The van der Waals surface area contributed by atoms with E-state index in [9.17, 15) is 0 Å². The van der Waals surface area contributed by atoms with Gasteiger partial charge in [0.2, 0.25) is 0 Å². The van der Waals surface area contributed by atoms with E-state index in [1.54, 1.807) is 11.3 Å². The molecule has 0 aromatic carbocycles. The van der Waals surface area contributed by atoms with Crippen molar-refractivity contribution in [3.8, 4) is 0 Å². The molecule has 1 aromatic rings. The largest absolute Gasteiger partial charge is 0.396 e. The summed E-state index contributed by atoms with van der Waals surface area (Å²) in [6.07, 6.45) is 2.75. The van der Waals surface area contributed by atoms with Gasteiger partial charge in [-0.25, -0.2) is 0 Å². The highest BCUT2D eigenvalue weighted by molar-refractivity contribution is 9.11. The van der Waals surface area contributed by atoms with Gasteiger partial charge in [-0.3, -0.25) is 0 Å². The quantitative estimate of drug-likeness (QED) is 0.809. The van der Waals surface area contributed by atoms with Crippen LogP contribution in [0.3, 0.4) is 0 Å². The number of aliphatic hydroxyl groups excluding tert-OH is 1. The second kappa shape index (κ2) is 4.79.